The van der Waals surface area contributed by atoms with Gasteiger partial charge in [-0.2, -0.15) is 0 Å². The highest BCUT2D eigenvalue weighted by Crippen LogP contribution is 2.24. The number of nitrogens with zero attached hydrogens (tertiary/aromatic N) is 1. The molecule has 0 spiro atoms. The molecule has 3 rings (SSSR count). The fourth-order valence-corrected chi connectivity index (χ4v) is 4.42. The SMILES string of the molecule is COC(=O)CCN(CC(C)C)C(=O)N[C@@](Cc1ccccc1)(Cc1ccc(-c2ccccc2)cc1)C(=O)O. The summed E-state index contributed by atoms with van der Waals surface area (Å²) in [7, 11) is 1.30. The standard InChI is InChI=1S/C31H36N2O5/c1-23(2)22-33(19-18-28(34)38-3)30(37)32-31(29(35)36,20-24-10-6-4-7-11-24)21-25-14-16-27(17-15-25)26-12-8-5-9-13-26/h4-17,23H,18-22H2,1-3H3,(H,32,37)(H,35,36)/t31-/m0/s1. The Morgan fingerprint density at radius 1 is 0.842 bits per heavy atom. The average molecular weight is 517 g/mol. The summed E-state index contributed by atoms with van der Waals surface area (Å²) in [6.45, 7) is 4.42. The molecule has 3 aromatic rings. The second-order valence-electron chi connectivity index (χ2n) is 9.89. The van der Waals surface area contributed by atoms with Crippen LogP contribution in [0.5, 0.6) is 0 Å². The molecule has 0 aliphatic rings. The third-order valence-electron chi connectivity index (χ3n) is 6.36. The summed E-state index contributed by atoms with van der Waals surface area (Å²) in [5, 5.41) is 13.4. The van der Waals surface area contributed by atoms with Crippen molar-refractivity contribution in [1.29, 1.82) is 0 Å². The number of urea groups is 1. The van der Waals surface area contributed by atoms with Crippen LogP contribution in [-0.2, 0) is 27.2 Å². The zero-order valence-corrected chi connectivity index (χ0v) is 22.2. The monoisotopic (exact) mass is 516 g/mol. The first-order chi connectivity index (χ1) is 18.2. The van der Waals surface area contributed by atoms with Gasteiger partial charge in [0.15, 0.2) is 0 Å². The Bertz CT molecular complexity index is 1200. The van der Waals surface area contributed by atoms with E-state index < -0.39 is 23.5 Å². The summed E-state index contributed by atoms with van der Waals surface area (Å²) in [6.07, 6.45) is 0.211. The molecule has 2 N–H and O–H groups in total. The van der Waals surface area contributed by atoms with E-state index >= 15 is 0 Å². The molecule has 38 heavy (non-hydrogen) atoms. The van der Waals surface area contributed by atoms with Crippen LogP contribution in [0.15, 0.2) is 84.9 Å². The second-order valence-corrected chi connectivity index (χ2v) is 9.89. The van der Waals surface area contributed by atoms with Gasteiger partial charge in [-0.05, 0) is 28.2 Å². The molecule has 7 heteroatoms. The van der Waals surface area contributed by atoms with E-state index in [-0.39, 0.29) is 31.7 Å². The molecule has 0 saturated heterocycles. The molecule has 0 aliphatic carbocycles. The van der Waals surface area contributed by atoms with Gasteiger partial charge in [-0.1, -0.05) is 98.8 Å². The number of carboxylic acids is 1. The Labute approximate surface area is 224 Å². The van der Waals surface area contributed by atoms with Crippen molar-refractivity contribution in [2.24, 2.45) is 5.92 Å². The van der Waals surface area contributed by atoms with E-state index in [0.29, 0.717) is 6.54 Å². The van der Waals surface area contributed by atoms with Crippen LogP contribution in [-0.4, -0.2) is 53.7 Å². The molecule has 0 radical (unpaired) electrons. The van der Waals surface area contributed by atoms with Crippen LogP contribution < -0.4 is 5.32 Å². The van der Waals surface area contributed by atoms with Crippen molar-refractivity contribution in [3.63, 3.8) is 0 Å². The second kappa shape index (κ2) is 13.4. The maximum atomic E-state index is 13.5. The highest BCUT2D eigenvalue weighted by atomic mass is 16.5. The summed E-state index contributed by atoms with van der Waals surface area (Å²) >= 11 is 0. The Kier molecular flexibility index (Phi) is 10.0. The number of rotatable bonds is 12. The predicted octanol–water partition coefficient (Wildman–Crippen LogP) is 5.19. The lowest BCUT2D eigenvalue weighted by Crippen LogP contribution is -2.61. The van der Waals surface area contributed by atoms with E-state index in [0.717, 1.165) is 22.3 Å². The normalized spacial score (nSPS) is 12.4. The van der Waals surface area contributed by atoms with E-state index in [9.17, 15) is 19.5 Å². The van der Waals surface area contributed by atoms with Gasteiger partial charge in [-0.15, -0.1) is 0 Å². The van der Waals surface area contributed by atoms with Gasteiger partial charge in [-0.25, -0.2) is 9.59 Å². The number of nitrogens with one attached hydrogen (secondary N) is 1. The minimum absolute atomic E-state index is 0.0242. The Morgan fingerprint density at radius 2 is 1.37 bits per heavy atom. The quantitative estimate of drug-likeness (QED) is 0.323. The molecule has 0 fully saturated rings. The molecule has 3 aromatic carbocycles. The first-order valence-corrected chi connectivity index (χ1v) is 12.8. The first-order valence-electron chi connectivity index (χ1n) is 12.8. The Balaban J connectivity index is 1.92. The van der Waals surface area contributed by atoms with E-state index in [1.54, 1.807) is 0 Å². The van der Waals surface area contributed by atoms with E-state index in [1.807, 2.05) is 98.8 Å². The number of aliphatic carboxylic acids is 1. The summed E-state index contributed by atoms with van der Waals surface area (Å²) in [5.74, 6) is -1.43. The number of methoxy groups -OCH3 is 1. The zero-order valence-electron chi connectivity index (χ0n) is 22.2. The fraction of sp³-hybridized carbons (Fsp3) is 0.323. The van der Waals surface area contributed by atoms with Crippen LogP contribution in [0.4, 0.5) is 4.79 Å². The maximum absolute atomic E-state index is 13.5. The molecule has 1 atom stereocenters. The Hall–Kier alpha value is -4.13. The molecule has 7 nitrogen and oxygen atoms in total. The number of benzene rings is 3. The van der Waals surface area contributed by atoms with E-state index in [4.69, 9.17) is 4.74 Å². The summed E-state index contributed by atoms with van der Waals surface area (Å²) in [4.78, 5) is 39.7. The lowest BCUT2D eigenvalue weighted by molar-refractivity contribution is -0.145. The van der Waals surface area contributed by atoms with Gasteiger partial charge in [0, 0.05) is 25.9 Å². The first kappa shape index (κ1) is 28.4. The van der Waals surface area contributed by atoms with E-state index in [1.165, 1.54) is 12.0 Å². The molecule has 0 saturated carbocycles. The molecule has 200 valence electrons. The highest BCUT2D eigenvalue weighted by Gasteiger charge is 2.41. The van der Waals surface area contributed by atoms with Gasteiger partial charge in [0.2, 0.25) is 0 Å². The number of ether oxygens (including phenoxy) is 1. The number of hydrogen-bond donors (Lipinski definition) is 2. The molecular weight excluding hydrogens is 480 g/mol. The lowest BCUT2D eigenvalue weighted by Gasteiger charge is -2.34. The smallest absolute Gasteiger partial charge is 0.330 e. The molecule has 2 amide bonds. The number of carbonyl (C=O) groups is 3. The van der Waals surface area contributed by atoms with Crippen molar-refractivity contribution in [2.75, 3.05) is 20.2 Å². The van der Waals surface area contributed by atoms with Crippen LogP contribution in [0, 0.1) is 5.92 Å². The molecule has 0 aromatic heterocycles. The van der Waals surface area contributed by atoms with Gasteiger partial charge in [0.1, 0.15) is 5.54 Å². The van der Waals surface area contributed by atoms with Crippen LogP contribution in [0.2, 0.25) is 0 Å². The number of carboxylic acid groups (broad SMARTS) is 1. The summed E-state index contributed by atoms with van der Waals surface area (Å²) < 4.78 is 4.73. The number of hydrogen-bond acceptors (Lipinski definition) is 4. The number of esters is 1. The van der Waals surface area contributed by atoms with E-state index in [2.05, 4.69) is 5.32 Å². The van der Waals surface area contributed by atoms with Crippen LogP contribution in [0.25, 0.3) is 11.1 Å². The van der Waals surface area contributed by atoms with Crippen molar-refractivity contribution >= 4 is 18.0 Å². The van der Waals surface area contributed by atoms with Gasteiger partial charge >= 0.3 is 18.0 Å². The van der Waals surface area contributed by atoms with Gasteiger partial charge in [0.25, 0.3) is 0 Å². The molecule has 0 bridgehead atoms. The predicted molar refractivity (Wildman–Crippen MR) is 148 cm³/mol. The summed E-state index contributed by atoms with van der Waals surface area (Å²) in [6, 6.07) is 26.4. The zero-order chi connectivity index (χ0) is 27.5. The fourth-order valence-electron chi connectivity index (χ4n) is 4.42. The van der Waals surface area contributed by atoms with Gasteiger partial charge < -0.3 is 20.1 Å². The molecule has 0 aliphatic heterocycles. The Morgan fingerprint density at radius 3 is 1.89 bits per heavy atom. The maximum Gasteiger partial charge on any atom is 0.330 e. The van der Waals surface area contributed by atoms with Gasteiger partial charge in [0.05, 0.1) is 13.5 Å². The van der Waals surface area contributed by atoms with Crippen molar-refractivity contribution in [2.45, 2.75) is 38.6 Å². The highest BCUT2D eigenvalue weighted by molar-refractivity contribution is 5.87. The molecule has 0 heterocycles. The third-order valence-corrected chi connectivity index (χ3v) is 6.36. The van der Waals surface area contributed by atoms with Crippen LogP contribution in [0.3, 0.4) is 0 Å². The minimum Gasteiger partial charge on any atom is -0.479 e. The lowest BCUT2D eigenvalue weighted by atomic mass is 9.84. The molecular formula is C31H36N2O5. The van der Waals surface area contributed by atoms with Crippen molar-refractivity contribution in [3.05, 3.63) is 96.1 Å². The van der Waals surface area contributed by atoms with Gasteiger partial charge in [-0.3, -0.25) is 4.79 Å². The van der Waals surface area contributed by atoms with Crippen molar-refractivity contribution in [1.82, 2.24) is 10.2 Å². The van der Waals surface area contributed by atoms with Crippen molar-refractivity contribution in [3.8, 4) is 11.1 Å². The van der Waals surface area contributed by atoms with Crippen LogP contribution >= 0.6 is 0 Å². The number of amides is 2. The minimum atomic E-state index is -1.60. The number of carbonyl (C=O) groups excluding carboxylic acids is 2. The summed E-state index contributed by atoms with van der Waals surface area (Å²) in [5.41, 5.74) is 2.06. The third kappa shape index (κ3) is 7.93. The molecule has 0 unspecified atom stereocenters. The topological polar surface area (TPSA) is 95.9 Å². The van der Waals surface area contributed by atoms with Crippen molar-refractivity contribution < 1.29 is 24.2 Å². The largest absolute Gasteiger partial charge is 0.479 e. The average Bonchev–Trinajstić information content (AvgIpc) is 2.91. The van der Waals surface area contributed by atoms with Crippen LogP contribution in [0.1, 0.15) is 31.4 Å².